The molecule has 1 aliphatic rings. The summed E-state index contributed by atoms with van der Waals surface area (Å²) < 4.78 is 0. The number of rotatable bonds is 4. The number of carbonyl (C=O) groups excluding carboxylic acids is 1. The van der Waals surface area contributed by atoms with Crippen LogP contribution in [0.15, 0.2) is 29.1 Å². The van der Waals surface area contributed by atoms with Gasteiger partial charge >= 0.3 is 0 Å². The van der Waals surface area contributed by atoms with Gasteiger partial charge in [-0.3, -0.25) is 9.59 Å². The maximum Gasteiger partial charge on any atom is 0.272 e. The highest BCUT2D eigenvalue weighted by Gasteiger charge is 2.16. The Morgan fingerprint density at radius 2 is 1.95 bits per heavy atom. The van der Waals surface area contributed by atoms with Crippen LogP contribution in [0.2, 0.25) is 0 Å². The number of nitrogens with one attached hydrogen (secondary N) is 2. The Hall–Kier alpha value is -2.17. The second-order valence-corrected chi connectivity index (χ2v) is 5.64. The molecule has 1 amide bonds. The van der Waals surface area contributed by atoms with Crippen molar-refractivity contribution in [1.29, 1.82) is 0 Å². The van der Waals surface area contributed by atoms with Gasteiger partial charge in [-0.15, -0.1) is 0 Å². The number of nitrogens with zero attached hydrogens (tertiary/aromatic N) is 1. The lowest BCUT2D eigenvalue weighted by Crippen LogP contribution is -2.28. The van der Waals surface area contributed by atoms with E-state index >= 15 is 0 Å². The molecule has 0 spiro atoms. The molecule has 1 aromatic heterocycles. The van der Waals surface area contributed by atoms with E-state index in [1.807, 2.05) is 0 Å². The fourth-order valence-electron chi connectivity index (χ4n) is 3.06. The molecule has 0 saturated heterocycles. The molecule has 1 heterocycles. The Kier molecular flexibility index (Phi) is 3.99. The molecule has 0 aliphatic heterocycles. The fourth-order valence-corrected chi connectivity index (χ4v) is 3.06. The first kappa shape index (κ1) is 13.8. The number of amides is 1. The Labute approximate surface area is 122 Å². The molecule has 2 N–H and O–H groups in total. The van der Waals surface area contributed by atoms with Gasteiger partial charge in [-0.05, 0) is 18.4 Å². The van der Waals surface area contributed by atoms with Gasteiger partial charge in [0.15, 0.2) is 5.69 Å². The zero-order valence-corrected chi connectivity index (χ0v) is 11.9. The molecule has 0 unspecified atom stereocenters. The van der Waals surface area contributed by atoms with E-state index in [2.05, 4.69) is 15.5 Å². The van der Waals surface area contributed by atoms with Gasteiger partial charge in [0.25, 0.3) is 11.5 Å². The van der Waals surface area contributed by atoms with Crippen molar-refractivity contribution in [3.63, 3.8) is 0 Å². The average molecular weight is 285 g/mol. The molecule has 0 radical (unpaired) electrons. The van der Waals surface area contributed by atoms with E-state index in [0.717, 1.165) is 12.3 Å². The van der Waals surface area contributed by atoms with Crippen molar-refractivity contribution in [3.05, 3.63) is 40.3 Å². The maximum absolute atomic E-state index is 12.2. The molecule has 5 nitrogen and oxygen atoms in total. The van der Waals surface area contributed by atoms with Crippen LogP contribution < -0.4 is 10.9 Å². The van der Waals surface area contributed by atoms with Crippen LogP contribution in [-0.2, 0) is 0 Å². The number of aromatic amines is 1. The van der Waals surface area contributed by atoms with Gasteiger partial charge in [0.1, 0.15) is 0 Å². The first-order valence-corrected chi connectivity index (χ1v) is 7.51. The minimum absolute atomic E-state index is 0.222. The van der Waals surface area contributed by atoms with Gasteiger partial charge < -0.3 is 5.32 Å². The highest BCUT2D eigenvalue weighted by molar-refractivity contribution is 6.04. The molecule has 1 aliphatic carbocycles. The zero-order valence-electron chi connectivity index (χ0n) is 11.9. The number of hydrogen-bond donors (Lipinski definition) is 2. The Morgan fingerprint density at radius 3 is 2.71 bits per heavy atom. The Morgan fingerprint density at radius 1 is 1.24 bits per heavy atom. The third-order valence-corrected chi connectivity index (χ3v) is 4.22. The van der Waals surface area contributed by atoms with Crippen molar-refractivity contribution < 1.29 is 4.79 Å². The first-order chi connectivity index (χ1) is 10.3. The van der Waals surface area contributed by atoms with Gasteiger partial charge in [-0.25, -0.2) is 5.10 Å². The topological polar surface area (TPSA) is 74.8 Å². The summed E-state index contributed by atoms with van der Waals surface area (Å²) in [7, 11) is 0. The molecule has 5 heteroatoms. The second kappa shape index (κ2) is 6.08. The van der Waals surface area contributed by atoms with E-state index in [1.54, 1.807) is 24.3 Å². The SMILES string of the molecule is O=C(NCCC1CCCC1)c1n[nH]c(=O)c2ccccc12. The Balaban J connectivity index is 1.72. The lowest BCUT2D eigenvalue weighted by molar-refractivity contribution is 0.0947. The molecule has 1 saturated carbocycles. The van der Waals surface area contributed by atoms with Crippen LogP contribution in [0, 0.1) is 5.92 Å². The van der Waals surface area contributed by atoms with Crippen molar-refractivity contribution in [2.45, 2.75) is 32.1 Å². The first-order valence-electron chi connectivity index (χ1n) is 7.51. The van der Waals surface area contributed by atoms with Crippen molar-refractivity contribution in [3.8, 4) is 0 Å². The summed E-state index contributed by atoms with van der Waals surface area (Å²) in [6.45, 7) is 0.665. The van der Waals surface area contributed by atoms with Crippen LogP contribution in [0.25, 0.3) is 10.8 Å². The number of fused-ring (bicyclic) bond motifs is 1. The average Bonchev–Trinajstić information content (AvgIpc) is 3.01. The van der Waals surface area contributed by atoms with E-state index in [-0.39, 0.29) is 17.2 Å². The molecular weight excluding hydrogens is 266 g/mol. The predicted molar refractivity (Wildman–Crippen MR) is 81.3 cm³/mol. The monoisotopic (exact) mass is 285 g/mol. The van der Waals surface area contributed by atoms with E-state index < -0.39 is 0 Å². The number of aromatic nitrogens is 2. The fraction of sp³-hybridized carbons (Fsp3) is 0.438. The molecule has 0 atom stereocenters. The second-order valence-electron chi connectivity index (χ2n) is 5.64. The molecule has 1 aromatic carbocycles. The minimum Gasteiger partial charge on any atom is -0.351 e. The lowest BCUT2D eigenvalue weighted by Gasteiger charge is -2.10. The summed E-state index contributed by atoms with van der Waals surface area (Å²) in [5.74, 6) is 0.519. The van der Waals surface area contributed by atoms with Crippen LogP contribution in [0.1, 0.15) is 42.6 Å². The van der Waals surface area contributed by atoms with Crippen molar-refractivity contribution in [2.75, 3.05) is 6.54 Å². The molecule has 1 fully saturated rings. The summed E-state index contributed by atoms with van der Waals surface area (Å²) in [5, 5.41) is 10.3. The number of carbonyl (C=O) groups is 1. The van der Waals surface area contributed by atoms with Crippen LogP contribution in [0.5, 0.6) is 0 Å². The molecule has 0 bridgehead atoms. The highest BCUT2D eigenvalue weighted by atomic mass is 16.2. The normalized spacial score (nSPS) is 15.4. The maximum atomic E-state index is 12.2. The van der Waals surface area contributed by atoms with E-state index in [0.29, 0.717) is 17.3 Å². The molecule has 2 aromatic rings. The van der Waals surface area contributed by atoms with Gasteiger partial charge in [0, 0.05) is 11.9 Å². The molecule has 110 valence electrons. The number of benzene rings is 1. The van der Waals surface area contributed by atoms with E-state index in [1.165, 1.54) is 25.7 Å². The van der Waals surface area contributed by atoms with Crippen molar-refractivity contribution in [2.24, 2.45) is 5.92 Å². The largest absolute Gasteiger partial charge is 0.351 e. The highest BCUT2D eigenvalue weighted by Crippen LogP contribution is 2.26. The smallest absolute Gasteiger partial charge is 0.272 e. The number of H-pyrrole nitrogens is 1. The molecular formula is C16H19N3O2. The summed E-state index contributed by atoms with van der Waals surface area (Å²) in [6.07, 6.45) is 6.19. The van der Waals surface area contributed by atoms with Crippen molar-refractivity contribution in [1.82, 2.24) is 15.5 Å². The Bertz CT molecular complexity index is 702. The quantitative estimate of drug-likeness (QED) is 0.904. The summed E-state index contributed by atoms with van der Waals surface area (Å²) in [6, 6.07) is 7.03. The zero-order chi connectivity index (χ0) is 14.7. The van der Waals surface area contributed by atoms with Crippen LogP contribution in [0.3, 0.4) is 0 Å². The summed E-state index contributed by atoms with van der Waals surface area (Å²) in [5.41, 5.74) is 0.0183. The lowest BCUT2D eigenvalue weighted by atomic mass is 10.0. The third kappa shape index (κ3) is 2.96. The molecule has 3 rings (SSSR count). The van der Waals surface area contributed by atoms with Crippen molar-refractivity contribution >= 4 is 16.7 Å². The van der Waals surface area contributed by atoms with Gasteiger partial charge in [0.2, 0.25) is 0 Å². The van der Waals surface area contributed by atoms with Gasteiger partial charge in [-0.1, -0.05) is 43.9 Å². The van der Waals surface area contributed by atoms with Crippen LogP contribution in [-0.4, -0.2) is 22.6 Å². The van der Waals surface area contributed by atoms with Gasteiger partial charge in [-0.2, -0.15) is 5.10 Å². The minimum atomic E-state index is -0.270. The van der Waals surface area contributed by atoms with Crippen LogP contribution in [0.4, 0.5) is 0 Å². The predicted octanol–water partition coefficient (Wildman–Crippen LogP) is 2.23. The standard InChI is InChI=1S/C16H19N3O2/c20-15-13-8-4-3-7-12(13)14(18-19-15)16(21)17-10-9-11-5-1-2-6-11/h3-4,7-8,11H,1-2,5-6,9-10H2,(H,17,21)(H,19,20). The number of hydrogen-bond acceptors (Lipinski definition) is 3. The molecule has 21 heavy (non-hydrogen) atoms. The van der Waals surface area contributed by atoms with Gasteiger partial charge in [0.05, 0.1) is 5.39 Å². The summed E-state index contributed by atoms with van der Waals surface area (Å²) >= 11 is 0. The van der Waals surface area contributed by atoms with E-state index in [4.69, 9.17) is 0 Å². The third-order valence-electron chi connectivity index (χ3n) is 4.22. The van der Waals surface area contributed by atoms with E-state index in [9.17, 15) is 9.59 Å². The van der Waals surface area contributed by atoms with Crippen LogP contribution >= 0.6 is 0 Å². The summed E-state index contributed by atoms with van der Waals surface area (Å²) in [4.78, 5) is 23.9.